The van der Waals surface area contributed by atoms with Gasteiger partial charge in [0.05, 0.1) is 35.7 Å². The predicted octanol–water partition coefficient (Wildman–Crippen LogP) is 7.42. The van der Waals surface area contributed by atoms with Gasteiger partial charge < -0.3 is 24.8 Å². The number of hydrogen-bond acceptors (Lipinski definition) is 5. The van der Waals surface area contributed by atoms with E-state index in [-0.39, 0.29) is 18.2 Å². The Morgan fingerprint density at radius 3 is 2.03 bits per heavy atom. The van der Waals surface area contributed by atoms with Crippen LogP contribution in [0.15, 0.2) is 65.1 Å². The number of carbonyl (C=O) groups is 2. The van der Waals surface area contributed by atoms with E-state index < -0.39 is 0 Å². The van der Waals surface area contributed by atoms with E-state index in [9.17, 15) is 9.59 Å². The van der Waals surface area contributed by atoms with Crippen LogP contribution in [0.25, 0.3) is 0 Å². The lowest BCUT2D eigenvalue weighted by atomic mass is 10.0. The first kappa shape index (κ1) is 29.0. The Bertz CT molecular complexity index is 1230. The minimum absolute atomic E-state index is 0.174. The summed E-state index contributed by atoms with van der Waals surface area (Å²) in [7, 11) is 0. The van der Waals surface area contributed by atoms with E-state index in [0.717, 1.165) is 10.2 Å². The summed E-state index contributed by atoms with van der Waals surface area (Å²) in [6.07, 6.45) is 0.807. The average molecular weight is 584 g/mol. The second-order valence-electron chi connectivity index (χ2n) is 8.88. The molecule has 0 bridgehead atoms. The first-order valence-corrected chi connectivity index (χ1v) is 13.6. The minimum Gasteiger partial charge on any atom is -0.492 e. The van der Waals surface area contributed by atoms with Gasteiger partial charge >= 0.3 is 0 Å². The molecule has 0 spiro atoms. The Kier molecular flexibility index (Phi) is 11.0. The summed E-state index contributed by atoms with van der Waals surface area (Å²) in [6.45, 7) is 9.18. The third-order valence-electron chi connectivity index (χ3n) is 5.67. The summed E-state index contributed by atoms with van der Waals surface area (Å²) in [5, 5.41) is 5.80. The van der Waals surface area contributed by atoms with Crippen LogP contribution in [0.2, 0.25) is 0 Å². The third-order valence-corrected chi connectivity index (χ3v) is 6.29. The summed E-state index contributed by atoms with van der Waals surface area (Å²) < 4.78 is 18.3. The quantitative estimate of drug-likeness (QED) is 0.205. The zero-order valence-electron chi connectivity index (χ0n) is 22.3. The third kappa shape index (κ3) is 8.25. The Balaban J connectivity index is 1.64. The van der Waals surface area contributed by atoms with Crippen LogP contribution >= 0.6 is 15.9 Å². The maximum atomic E-state index is 12.7. The van der Waals surface area contributed by atoms with Crippen LogP contribution in [0.5, 0.6) is 17.2 Å². The standard InChI is InChI=1S/C30H35BrN2O5/c1-5-36-27-19-25(33-30(35)21-11-8-7-9-12-21)28(37-6-2)18-24(27)32-29(34)13-10-16-38-26-15-14-22(20(3)4)17-23(26)31/h7-9,11-12,14-15,17-20H,5-6,10,13,16H2,1-4H3,(H,32,34)(H,33,35). The van der Waals surface area contributed by atoms with E-state index in [0.29, 0.717) is 60.6 Å². The number of hydrogen-bond donors (Lipinski definition) is 2. The molecule has 0 saturated heterocycles. The molecule has 3 rings (SSSR count). The van der Waals surface area contributed by atoms with Crippen LogP contribution in [0.3, 0.4) is 0 Å². The number of nitrogens with one attached hydrogen (secondary N) is 2. The molecular weight excluding hydrogens is 548 g/mol. The SMILES string of the molecule is CCOc1cc(NC(=O)c2ccccc2)c(OCC)cc1NC(=O)CCCOc1ccc(C(C)C)cc1Br. The predicted molar refractivity (Wildman–Crippen MR) is 155 cm³/mol. The molecule has 3 aromatic carbocycles. The molecular formula is C30H35BrN2O5. The molecule has 0 radical (unpaired) electrons. The Morgan fingerprint density at radius 1 is 0.816 bits per heavy atom. The zero-order valence-corrected chi connectivity index (χ0v) is 23.9. The van der Waals surface area contributed by atoms with Gasteiger partial charge in [0, 0.05) is 24.1 Å². The van der Waals surface area contributed by atoms with Crippen molar-refractivity contribution in [2.45, 2.75) is 46.5 Å². The Hall–Kier alpha value is -3.52. The largest absolute Gasteiger partial charge is 0.492 e. The molecule has 0 aliphatic rings. The van der Waals surface area contributed by atoms with Crippen LogP contribution in [0, 0.1) is 0 Å². The molecule has 0 fully saturated rings. The highest BCUT2D eigenvalue weighted by molar-refractivity contribution is 9.10. The van der Waals surface area contributed by atoms with Gasteiger partial charge in [-0.05, 0) is 71.9 Å². The summed E-state index contributed by atoms with van der Waals surface area (Å²) in [6, 6.07) is 18.3. The minimum atomic E-state index is -0.267. The average Bonchev–Trinajstić information content (AvgIpc) is 2.90. The monoisotopic (exact) mass is 582 g/mol. The van der Waals surface area contributed by atoms with Crippen molar-refractivity contribution in [2.75, 3.05) is 30.5 Å². The highest BCUT2D eigenvalue weighted by Gasteiger charge is 2.17. The van der Waals surface area contributed by atoms with Crippen molar-refractivity contribution in [3.63, 3.8) is 0 Å². The molecule has 7 nitrogen and oxygen atoms in total. The second kappa shape index (κ2) is 14.4. The zero-order chi connectivity index (χ0) is 27.5. The lowest BCUT2D eigenvalue weighted by molar-refractivity contribution is -0.116. The number of halogens is 1. The van der Waals surface area contributed by atoms with E-state index in [1.807, 2.05) is 26.0 Å². The van der Waals surface area contributed by atoms with Crippen molar-refractivity contribution >= 4 is 39.1 Å². The lowest BCUT2D eigenvalue weighted by Gasteiger charge is -2.18. The molecule has 3 aromatic rings. The van der Waals surface area contributed by atoms with E-state index in [4.69, 9.17) is 14.2 Å². The van der Waals surface area contributed by atoms with Gasteiger partial charge in [-0.25, -0.2) is 0 Å². The number of anilines is 2. The van der Waals surface area contributed by atoms with Crippen molar-refractivity contribution in [1.82, 2.24) is 0 Å². The molecule has 202 valence electrons. The molecule has 0 saturated carbocycles. The fourth-order valence-electron chi connectivity index (χ4n) is 3.71. The number of carbonyl (C=O) groups excluding carboxylic acids is 2. The molecule has 0 heterocycles. The van der Waals surface area contributed by atoms with Crippen LogP contribution in [-0.2, 0) is 4.79 Å². The fourth-order valence-corrected chi connectivity index (χ4v) is 4.22. The first-order chi connectivity index (χ1) is 18.3. The number of amides is 2. The highest BCUT2D eigenvalue weighted by Crippen LogP contribution is 2.37. The molecule has 0 aliphatic heterocycles. The Labute approximate surface area is 233 Å². The maximum absolute atomic E-state index is 12.7. The molecule has 2 N–H and O–H groups in total. The molecule has 0 aromatic heterocycles. The maximum Gasteiger partial charge on any atom is 0.255 e. The molecule has 0 atom stereocenters. The van der Waals surface area contributed by atoms with Gasteiger partial charge in [0.1, 0.15) is 17.2 Å². The lowest BCUT2D eigenvalue weighted by Crippen LogP contribution is -2.16. The van der Waals surface area contributed by atoms with Gasteiger partial charge in [-0.2, -0.15) is 0 Å². The van der Waals surface area contributed by atoms with E-state index >= 15 is 0 Å². The second-order valence-corrected chi connectivity index (χ2v) is 9.73. The van der Waals surface area contributed by atoms with Crippen LogP contribution in [0.4, 0.5) is 11.4 Å². The van der Waals surface area contributed by atoms with Crippen molar-refractivity contribution in [1.29, 1.82) is 0 Å². The molecule has 0 unspecified atom stereocenters. The van der Waals surface area contributed by atoms with Gasteiger partial charge in [-0.15, -0.1) is 0 Å². The molecule has 8 heteroatoms. The van der Waals surface area contributed by atoms with Crippen molar-refractivity contribution < 1.29 is 23.8 Å². The topological polar surface area (TPSA) is 85.9 Å². The van der Waals surface area contributed by atoms with Gasteiger partial charge in [-0.1, -0.05) is 38.1 Å². The van der Waals surface area contributed by atoms with Crippen LogP contribution < -0.4 is 24.8 Å². The first-order valence-electron chi connectivity index (χ1n) is 12.8. The Morgan fingerprint density at radius 2 is 1.45 bits per heavy atom. The molecule has 2 amide bonds. The van der Waals surface area contributed by atoms with Gasteiger partial charge in [0.2, 0.25) is 5.91 Å². The highest BCUT2D eigenvalue weighted by atomic mass is 79.9. The summed E-state index contributed by atoms with van der Waals surface area (Å²) in [5.41, 5.74) is 2.69. The van der Waals surface area contributed by atoms with Gasteiger partial charge in [-0.3, -0.25) is 9.59 Å². The number of ether oxygens (including phenoxy) is 3. The smallest absolute Gasteiger partial charge is 0.255 e. The van der Waals surface area contributed by atoms with E-state index in [1.54, 1.807) is 36.4 Å². The summed E-state index contributed by atoms with van der Waals surface area (Å²) >= 11 is 3.56. The summed E-state index contributed by atoms with van der Waals surface area (Å²) in [4.78, 5) is 25.5. The normalized spacial score (nSPS) is 10.7. The van der Waals surface area contributed by atoms with E-state index in [1.165, 1.54) is 5.56 Å². The number of rotatable bonds is 13. The van der Waals surface area contributed by atoms with Crippen molar-refractivity contribution in [3.05, 3.63) is 76.3 Å². The van der Waals surface area contributed by atoms with Gasteiger partial charge in [0.25, 0.3) is 5.91 Å². The fraction of sp³-hybridized carbons (Fsp3) is 0.333. The number of benzene rings is 3. The van der Waals surface area contributed by atoms with Gasteiger partial charge in [0.15, 0.2) is 0 Å². The molecule has 0 aliphatic carbocycles. The van der Waals surface area contributed by atoms with Crippen LogP contribution in [0.1, 0.15) is 62.4 Å². The van der Waals surface area contributed by atoms with Crippen LogP contribution in [-0.4, -0.2) is 31.6 Å². The molecule has 38 heavy (non-hydrogen) atoms. The van der Waals surface area contributed by atoms with Crippen molar-refractivity contribution in [2.24, 2.45) is 0 Å². The summed E-state index contributed by atoms with van der Waals surface area (Å²) in [5.74, 6) is 1.63. The van der Waals surface area contributed by atoms with Crippen molar-refractivity contribution in [3.8, 4) is 17.2 Å². The van der Waals surface area contributed by atoms with E-state index in [2.05, 4.69) is 52.5 Å².